The number of hydrogen-bond donors (Lipinski definition) is 1. The molecule has 0 spiro atoms. The number of piperidine rings is 1. The second kappa shape index (κ2) is 6.14. The molecule has 2 rings (SSSR count). The van der Waals surface area contributed by atoms with Crippen LogP contribution >= 0.6 is 0 Å². The summed E-state index contributed by atoms with van der Waals surface area (Å²) in [5.74, 6) is 6.67. The lowest BCUT2D eigenvalue weighted by atomic mass is 9.97. The lowest BCUT2D eigenvalue weighted by Gasteiger charge is -2.39. The van der Waals surface area contributed by atoms with Crippen molar-refractivity contribution in [1.29, 1.82) is 0 Å². The summed E-state index contributed by atoms with van der Waals surface area (Å²) in [7, 11) is 0. The van der Waals surface area contributed by atoms with Crippen LogP contribution in [0.15, 0.2) is 0 Å². The maximum Gasteiger partial charge on any atom is 0.0131 e. The molecule has 0 aromatic carbocycles. The molecule has 2 aliphatic heterocycles. The molecule has 0 unspecified atom stereocenters. The van der Waals surface area contributed by atoms with Crippen LogP contribution in [0.4, 0.5) is 0 Å². The number of nitrogens with zero attached hydrogens (tertiary/aromatic N) is 3. The lowest BCUT2D eigenvalue weighted by Crippen LogP contribution is -2.50. The quantitative estimate of drug-likeness (QED) is 0.733. The van der Waals surface area contributed by atoms with Crippen molar-refractivity contribution in [3.8, 4) is 0 Å². The Morgan fingerprint density at radius 1 is 1.00 bits per heavy atom. The summed E-state index contributed by atoms with van der Waals surface area (Å²) in [6, 6.07) is 0.706. The summed E-state index contributed by atoms with van der Waals surface area (Å²) in [5, 5.41) is 1.97. The number of nitrogens with two attached hydrogens (primary N) is 1. The van der Waals surface area contributed by atoms with Gasteiger partial charge in [-0.2, -0.15) is 0 Å². The van der Waals surface area contributed by atoms with E-state index >= 15 is 0 Å². The summed E-state index contributed by atoms with van der Waals surface area (Å²) < 4.78 is 0. The Labute approximate surface area is 106 Å². The number of rotatable bonds is 3. The first-order valence-corrected chi connectivity index (χ1v) is 7.11. The molecule has 2 aliphatic rings. The molecule has 0 amide bonds. The van der Waals surface area contributed by atoms with Crippen LogP contribution in [-0.4, -0.2) is 66.7 Å². The highest BCUT2D eigenvalue weighted by Crippen LogP contribution is 2.17. The fourth-order valence-corrected chi connectivity index (χ4v) is 2.96. The molecule has 4 nitrogen and oxygen atoms in total. The summed E-state index contributed by atoms with van der Waals surface area (Å²) in [5.41, 5.74) is 0. The summed E-state index contributed by atoms with van der Waals surface area (Å²) in [4.78, 5) is 5.23. The first kappa shape index (κ1) is 13.3. The normalized spacial score (nSPS) is 26.8. The van der Waals surface area contributed by atoms with Crippen molar-refractivity contribution in [3.63, 3.8) is 0 Å². The van der Waals surface area contributed by atoms with Gasteiger partial charge in [-0.3, -0.25) is 10.7 Å². The summed E-state index contributed by atoms with van der Waals surface area (Å²) >= 11 is 0. The zero-order chi connectivity index (χ0) is 12.3. The third-order valence-electron chi connectivity index (χ3n) is 4.30. The van der Waals surface area contributed by atoms with Gasteiger partial charge in [0.15, 0.2) is 0 Å². The van der Waals surface area contributed by atoms with E-state index in [1.165, 1.54) is 45.6 Å². The molecule has 0 radical (unpaired) electrons. The highest BCUT2D eigenvalue weighted by atomic mass is 15.4. The average molecular weight is 240 g/mol. The van der Waals surface area contributed by atoms with Gasteiger partial charge in [-0.05, 0) is 32.6 Å². The number of hydrazine groups is 1. The van der Waals surface area contributed by atoms with Crippen LogP contribution in [0.2, 0.25) is 0 Å². The van der Waals surface area contributed by atoms with Gasteiger partial charge in [-0.25, -0.2) is 5.01 Å². The van der Waals surface area contributed by atoms with Gasteiger partial charge < -0.3 is 4.90 Å². The van der Waals surface area contributed by atoms with Crippen LogP contribution in [-0.2, 0) is 0 Å². The molecule has 2 heterocycles. The van der Waals surface area contributed by atoms with Crippen LogP contribution in [0.3, 0.4) is 0 Å². The van der Waals surface area contributed by atoms with Crippen LogP contribution < -0.4 is 5.84 Å². The van der Waals surface area contributed by atoms with E-state index < -0.39 is 0 Å². The Hall–Kier alpha value is -0.160. The first-order chi connectivity index (χ1) is 8.15. The van der Waals surface area contributed by atoms with Gasteiger partial charge in [0, 0.05) is 51.9 Å². The fraction of sp³-hybridized carbons (Fsp3) is 1.00. The minimum atomic E-state index is 0.706. The van der Waals surface area contributed by atoms with E-state index in [1.54, 1.807) is 0 Å². The molecule has 0 atom stereocenters. The molecule has 0 aromatic rings. The average Bonchev–Trinajstić information content (AvgIpc) is 2.33. The zero-order valence-electron chi connectivity index (χ0n) is 11.4. The minimum Gasteiger partial charge on any atom is -0.301 e. The smallest absolute Gasteiger partial charge is 0.0131 e. The largest absolute Gasteiger partial charge is 0.301 e. The molecule has 100 valence electrons. The Kier molecular flexibility index (Phi) is 4.79. The molecule has 0 bridgehead atoms. The molecule has 2 saturated heterocycles. The number of hydrogen-bond acceptors (Lipinski definition) is 4. The molecular weight excluding hydrogens is 212 g/mol. The molecule has 0 aliphatic carbocycles. The monoisotopic (exact) mass is 240 g/mol. The molecule has 17 heavy (non-hydrogen) atoms. The SMILES string of the molecule is CC(C)N1CCN(CC2CCN(N)CC2)CC1. The fourth-order valence-electron chi connectivity index (χ4n) is 2.96. The van der Waals surface area contributed by atoms with Gasteiger partial charge >= 0.3 is 0 Å². The second-order valence-electron chi connectivity index (χ2n) is 5.91. The van der Waals surface area contributed by atoms with Gasteiger partial charge in [-0.1, -0.05) is 0 Å². The highest BCUT2D eigenvalue weighted by Gasteiger charge is 2.23. The van der Waals surface area contributed by atoms with Crippen LogP contribution in [0, 0.1) is 5.92 Å². The van der Waals surface area contributed by atoms with Gasteiger partial charge in [-0.15, -0.1) is 0 Å². The van der Waals surface area contributed by atoms with E-state index in [2.05, 4.69) is 23.6 Å². The predicted molar refractivity (Wildman–Crippen MR) is 71.6 cm³/mol. The Balaban J connectivity index is 1.67. The van der Waals surface area contributed by atoms with E-state index in [9.17, 15) is 0 Å². The van der Waals surface area contributed by atoms with Crippen LogP contribution in [0.1, 0.15) is 26.7 Å². The Bertz CT molecular complexity index is 215. The third kappa shape index (κ3) is 3.91. The van der Waals surface area contributed by atoms with Crippen molar-refractivity contribution >= 4 is 0 Å². The van der Waals surface area contributed by atoms with Crippen molar-refractivity contribution in [2.24, 2.45) is 11.8 Å². The zero-order valence-corrected chi connectivity index (χ0v) is 11.4. The van der Waals surface area contributed by atoms with Gasteiger partial charge in [0.05, 0.1) is 0 Å². The van der Waals surface area contributed by atoms with Gasteiger partial charge in [0.25, 0.3) is 0 Å². The van der Waals surface area contributed by atoms with E-state index in [-0.39, 0.29) is 0 Å². The first-order valence-electron chi connectivity index (χ1n) is 7.11. The van der Waals surface area contributed by atoms with Crippen LogP contribution in [0.25, 0.3) is 0 Å². The van der Waals surface area contributed by atoms with Gasteiger partial charge in [0.2, 0.25) is 0 Å². The van der Waals surface area contributed by atoms with Crippen LogP contribution in [0.5, 0.6) is 0 Å². The standard InChI is InChI=1S/C13H28N4/c1-12(2)16-9-7-15(8-10-16)11-13-3-5-17(14)6-4-13/h12-13H,3-11,14H2,1-2H3. The van der Waals surface area contributed by atoms with E-state index in [0.29, 0.717) is 6.04 Å². The topological polar surface area (TPSA) is 35.7 Å². The molecule has 2 fully saturated rings. The predicted octanol–water partition coefficient (Wildman–Crippen LogP) is 0.598. The van der Waals surface area contributed by atoms with Crippen molar-refractivity contribution in [2.45, 2.75) is 32.7 Å². The maximum absolute atomic E-state index is 5.79. The van der Waals surface area contributed by atoms with E-state index in [1.807, 2.05) is 5.01 Å². The van der Waals surface area contributed by atoms with E-state index in [0.717, 1.165) is 19.0 Å². The molecule has 0 saturated carbocycles. The van der Waals surface area contributed by atoms with Crippen molar-refractivity contribution in [2.75, 3.05) is 45.8 Å². The molecule has 4 heteroatoms. The molecule has 2 N–H and O–H groups in total. The summed E-state index contributed by atoms with van der Waals surface area (Å²) in [6.45, 7) is 13.0. The Morgan fingerprint density at radius 3 is 2.12 bits per heavy atom. The number of piperazine rings is 1. The molecule has 0 aromatic heterocycles. The van der Waals surface area contributed by atoms with E-state index in [4.69, 9.17) is 5.84 Å². The molecular formula is C13H28N4. The summed E-state index contributed by atoms with van der Waals surface area (Å²) in [6.07, 6.45) is 2.56. The highest BCUT2D eigenvalue weighted by molar-refractivity contribution is 4.78. The van der Waals surface area contributed by atoms with Crippen molar-refractivity contribution in [1.82, 2.24) is 14.8 Å². The Morgan fingerprint density at radius 2 is 1.59 bits per heavy atom. The van der Waals surface area contributed by atoms with Gasteiger partial charge in [0.1, 0.15) is 0 Å². The minimum absolute atomic E-state index is 0.706. The second-order valence-corrected chi connectivity index (χ2v) is 5.91. The lowest BCUT2D eigenvalue weighted by molar-refractivity contribution is 0.0811. The van der Waals surface area contributed by atoms with Crippen molar-refractivity contribution in [3.05, 3.63) is 0 Å². The maximum atomic E-state index is 5.79. The van der Waals surface area contributed by atoms with Crippen molar-refractivity contribution < 1.29 is 0 Å². The third-order valence-corrected chi connectivity index (χ3v) is 4.30.